The standard InChI is InChI=1S/C19H26ClNO5/c1-3-5-8-26-17-15(20)10-13(11-16(17)25-4-2)18(22)21-14-7-6-12(9-14)19(23)24/h10-12,14H,3-9H2,1-2H3,(H,21,22)(H,23,24)/t12-,14+/m0/s1. The Morgan fingerprint density at radius 1 is 1.27 bits per heavy atom. The number of carboxylic acids is 1. The fourth-order valence-electron chi connectivity index (χ4n) is 3.03. The largest absolute Gasteiger partial charge is 0.490 e. The third kappa shape index (κ3) is 5.27. The summed E-state index contributed by atoms with van der Waals surface area (Å²) in [7, 11) is 0. The van der Waals surface area contributed by atoms with Crippen molar-refractivity contribution < 1.29 is 24.2 Å². The molecule has 1 aromatic carbocycles. The molecule has 1 aliphatic carbocycles. The lowest BCUT2D eigenvalue weighted by Gasteiger charge is -2.16. The van der Waals surface area contributed by atoms with Crippen molar-refractivity contribution in [1.82, 2.24) is 5.32 Å². The molecular formula is C19H26ClNO5. The van der Waals surface area contributed by atoms with Crippen LogP contribution < -0.4 is 14.8 Å². The van der Waals surface area contributed by atoms with Gasteiger partial charge in [-0.2, -0.15) is 0 Å². The quantitative estimate of drug-likeness (QED) is 0.631. The molecule has 0 aromatic heterocycles. The highest BCUT2D eigenvalue weighted by Gasteiger charge is 2.31. The Bertz CT molecular complexity index is 649. The van der Waals surface area contributed by atoms with Gasteiger partial charge in [-0.15, -0.1) is 0 Å². The number of aliphatic carboxylic acids is 1. The zero-order chi connectivity index (χ0) is 19.1. The second-order valence-electron chi connectivity index (χ2n) is 6.44. The smallest absolute Gasteiger partial charge is 0.306 e. The summed E-state index contributed by atoms with van der Waals surface area (Å²) in [4.78, 5) is 23.6. The van der Waals surface area contributed by atoms with Crippen molar-refractivity contribution in [2.45, 2.75) is 52.0 Å². The molecule has 2 rings (SSSR count). The van der Waals surface area contributed by atoms with E-state index in [-0.39, 0.29) is 11.9 Å². The monoisotopic (exact) mass is 383 g/mol. The summed E-state index contributed by atoms with van der Waals surface area (Å²) in [6.07, 6.45) is 3.59. The van der Waals surface area contributed by atoms with Crippen molar-refractivity contribution in [2.24, 2.45) is 5.92 Å². The lowest BCUT2D eigenvalue weighted by Crippen LogP contribution is -2.33. The van der Waals surface area contributed by atoms with Crippen molar-refractivity contribution in [2.75, 3.05) is 13.2 Å². The minimum absolute atomic E-state index is 0.140. The maximum Gasteiger partial charge on any atom is 0.306 e. The first-order valence-electron chi connectivity index (χ1n) is 9.09. The molecule has 7 heteroatoms. The molecule has 1 amide bonds. The molecule has 1 aliphatic rings. The van der Waals surface area contributed by atoms with Crippen LogP contribution in [-0.2, 0) is 4.79 Å². The van der Waals surface area contributed by atoms with Crippen molar-refractivity contribution in [3.8, 4) is 11.5 Å². The van der Waals surface area contributed by atoms with Crippen LogP contribution in [0.2, 0.25) is 5.02 Å². The van der Waals surface area contributed by atoms with Crippen LogP contribution in [-0.4, -0.2) is 36.2 Å². The minimum atomic E-state index is -0.808. The first kappa shape index (κ1) is 20.4. The normalized spacial score (nSPS) is 19.2. The molecule has 1 saturated carbocycles. The number of hydrogen-bond donors (Lipinski definition) is 2. The maximum absolute atomic E-state index is 12.5. The summed E-state index contributed by atoms with van der Waals surface area (Å²) < 4.78 is 11.3. The number of unbranched alkanes of at least 4 members (excludes halogenated alkanes) is 1. The van der Waals surface area contributed by atoms with Crippen LogP contribution in [0.15, 0.2) is 12.1 Å². The van der Waals surface area contributed by atoms with Gasteiger partial charge >= 0.3 is 5.97 Å². The first-order valence-corrected chi connectivity index (χ1v) is 9.46. The molecule has 2 atom stereocenters. The zero-order valence-corrected chi connectivity index (χ0v) is 16.0. The SMILES string of the molecule is CCCCOc1c(Cl)cc(C(=O)N[C@@H]2CC[C@H](C(=O)O)C2)cc1OCC. The lowest BCUT2D eigenvalue weighted by atomic mass is 10.1. The lowest BCUT2D eigenvalue weighted by molar-refractivity contribution is -0.141. The Balaban J connectivity index is 2.10. The summed E-state index contributed by atoms with van der Waals surface area (Å²) in [5.74, 6) is -0.598. The fraction of sp³-hybridized carbons (Fsp3) is 0.579. The van der Waals surface area contributed by atoms with Crippen LogP contribution in [0.1, 0.15) is 56.3 Å². The van der Waals surface area contributed by atoms with E-state index in [0.717, 1.165) is 12.8 Å². The summed E-state index contributed by atoms with van der Waals surface area (Å²) in [6, 6.07) is 3.04. The second kappa shape index (κ2) is 9.67. The van der Waals surface area contributed by atoms with Crippen molar-refractivity contribution in [3.63, 3.8) is 0 Å². The third-order valence-corrected chi connectivity index (χ3v) is 4.71. The molecule has 26 heavy (non-hydrogen) atoms. The van der Waals surface area contributed by atoms with Gasteiger partial charge in [0.1, 0.15) is 0 Å². The highest BCUT2D eigenvalue weighted by atomic mass is 35.5. The zero-order valence-electron chi connectivity index (χ0n) is 15.2. The number of carbonyl (C=O) groups is 2. The van der Waals surface area contributed by atoms with Gasteiger partial charge in [0.05, 0.1) is 24.2 Å². The molecule has 0 spiro atoms. The first-order chi connectivity index (χ1) is 12.5. The molecule has 6 nitrogen and oxygen atoms in total. The average molecular weight is 384 g/mol. The van der Waals surface area contributed by atoms with Gasteiger partial charge in [-0.1, -0.05) is 24.9 Å². The number of nitrogens with one attached hydrogen (secondary N) is 1. The third-order valence-electron chi connectivity index (χ3n) is 4.43. The van der Waals surface area contributed by atoms with E-state index in [0.29, 0.717) is 54.6 Å². The van der Waals surface area contributed by atoms with E-state index < -0.39 is 11.9 Å². The topological polar surface area (TPSA) is 84.9 Å². The summed E-state index contributed by atoms with van der Waals surface area (Å²) >= 11 is 6.31. The van der Waals surface area contributed by atoms with Crippen molar-refractivity contribution in [1.29, 1.82) is 0 Å². The molecule has 1 fully saturated rings. The molecule has 1 aromatic rings. The number of benzene rings is 1. The minimum Gasteiger partial charge on any atom is -0.490 e. The molecule has 0 bridgehead atoms. The Labute approximate surface area is 158 Å². The van der Waals surface area contributed by atoms with Crippen molar-refractivity contribution in [3.05, 3.63) is 22.7 Å². The number of hydrogen-bond acceptors (Lipinski definition) is 4. The Morgan fingerprint density at radius 3 is 2.65 bits per heavy atom. The second-order valence-corrected chi connectivity index (χ2v) is 6.85. The number of amides is 1. The van der Waals surface area contributed by atoms with Gasteiger partial charge in [0.2, 0.25) is 0 Å². The van der Waals surface area contributed by atoms with Crippen LogP contribution in [0.4, 0.5) is 0 Å². The van der Waals surface area contributed by atoms with Crippen molar-refractivity contribution >= 4 is 23.5 Å². The van der Waals surface area contributed by atoms with E-state index in [1.807, 2.05) is 6.92 Å². The summed E-state index contributed by atoms with van der Waals surface area (Å²) in [5.41, 5.74) is 0.375. The average Bonchev–Trinajstić information content (AvgIpc) is 3.06. The van der Waals surface area contributed by atoms with E-state index in [1.54, 1.807) is 12.1 Å². The predicted octanol–water partition coefficient (Wildman–Crippen LogP) is 3.90. The predicted molar refractivity (Wildman–Crippen MR) is 99.3 cm³/mol. The van der Waals surface area contributed by atoms with E-state index in [1.165, 1.54) is 0 Å². The van der Waals surface area contributed by atoms with Crippen LogP contribution in [0, 0.1) is 5.92 Å². The number of carboxylic acid groups (broad SMARTS) is 1. The van der Waals surface area contributed by atoms with E-state index in [9.17, 15) is 9.59 Å². The van der Waals surface area contributed by atoms with Crippen LogP contribution >= 0.6 is 11.6 Å². The van der Waals surface area contributed by atoms with Gasteiger partial charge in [-0.25, -0.2) is 0 Å². The molecule has 0 unspecified atom stereocenters. The highest BCUT2D eigenvalue weighted by molar-refractivity contribution is 6.32. The molecular weight excluding hydrogens is 358 g/mol. The van der Waals surface area contributed by atoms with Gasteiger partial charge in [0.15, 0.2) is 11.5 Å². The molecule has 0 aliphatic heterocycles. The molecule has 144 valence electrons. The summed E-state index contributed by atoms with van der Waals surface area (Å²) in [5, 5.41) is 12.3. The molecule has 0 saturated heterocycles. The Hall–Kier alpha value is -1.95. The number of ether oxygens (including phenoxy) is 2. The van der Waals surface area contributed by atoms with E-state index in [4.69, 9.17) is 26.2 Å². The fourth-order valence-corrected chi connectivity index (χ4v) is 3.29. The van der Waals surface area contributed by atoms with Crippen LogP contribution in [0.3, 0.4) is 0 Å². The van der Waals surface area contributed by atoms with Gasteiger partial charge in [0, 0.05) is 11.6 Å². The van der Waals surface area contributed by atoms with E-state index >= 15 is 0 Å². The number of carbonyl (C=O) groups excluding carboxylic acids is 1. The maximum atomic E-state index is 12.5. The Morgan fingerprint density at radius 2 is 2.04 bits per heavy atom. The summed E-state index contributed by atoms with van der Waals surface area (Å²) in [6.45, 7) is 4.87. The molecule has 0 heterocycles. The van der Waals surface area contributed by atoms with Crippen LogP contribution in [0.25, 0.3) is 0 Å². The van der Waals surface area contributed by atoms with Gasteiger partial charge in [-0.3, -0.25) is 9.59 Å². The number of rotatable bonds is 9. The number of halogens is 1. The highest BCUT2D eigenvalue weighted by Crippen LogP contribution is 2.37. The molecule has 0 radical (unpaired) electrons. The van der Waals surface area contributed by atoms with Gasteiger partial charge in [-0.05, 0) is 44.7 Å². The van der Waals surface area contributed by atoms with Gasteiger partial charge in [0.25, 0.3) is 5.91 Å². The van der Waals surface area contributed by atoms with Crippen LogP contribution in [0.5, 0.6) is 11.5 Å². The molecule has 2 N–H and O–H groups in total. The van der Waals surface area contributed by atoms with Gasteiger partial charge < -0.3 is 19.9 Å². The Kier molecular flexibility index (Phi) is 7.57. The van der Waals surface area contributed by atoms with E-state index in [2.05, 4.69) is 12.2 Å².